The molecule has 2 aliphatic rings. The summed E-state index contributed by atoms with van der Waals surface area (Å²) in [6, 6.07) is 10.9. The molecule has 0 radical (unpaired) electrons. The summed E-state index contributed by atoms with van der Waals surface area (Å²) in [5, 5.41) is 3.47. The summed E-state index contributed by atoms with van der Waals surface area (Å²) in [6.45, 7) is 5.25. The van der Waals surface area contributed by atoms with E-state index in [1.165, 1.54) is 31.2 Å². The number of carbonyl (C=O) groups is 1. The SMILES string of the molecule is CC(CC(=O)N(Cc1ccccc1)C1CC1)C1CCCNC1.Cl. The fraction of sp³-hybridized carbons (Fsp3) is 0.632. The van der Waals surface area contributed by atoms with Crippen LogP contribution < -0.4 is 5.32 Å². The number of carbonyl (C=O) groups excluding carboxylic acids is 1. The second-order valence-electron chi connectivity index (χ2n) is 7.03. The highest BCUT2D eigenvalue weighted by molar-refractivity contribution is 5.85. The van der Waals surface area contributed by atoms with Crippen LogP contribution >= 0.6 is 12.4 Å². The van der Waals surface area contributed by atoms with E-state index in [0.717, 1.165) is 19.6 Å². The molecule has 0 aromatic heterocycles. The first-order valence-electron chi connectivity index (χ1n) is 8.78. The highest BCUT2D eigenvalue weighted by Crippen LogP contribution is 2.31. The van der Waals surface area contributed by atoms with E-state index in [1.54, 1.807) is 0 Å². The van der Waals surface area contributed by atoms with Crippen LogP contribution in [-0.4, -0.2) is 29.9 Å². The lowest BCUT2D eigenvalue weighted by Gasteiger charge is -2.30. The first kappa shape index (κ1) is 18.3. The summed E-state index contributed by atoms with van der Waals surface area (Å²) < 4.78 is 0. The number of amides is 1. The minimum atomic E-state index is 0. The summed E-state index contributed by atoms with van der Waals surface area (Å²) in [4.78, 5) is 14.9. The Morgan fingerprint density at radius 2 is 2.00 bits per heavy atom. The summed E-state index contributed by atoms with van der Waals surface area (Å²) in [5.41, 5.74) is 1.25. The van der Waals surface area contributed by atoms with Gasteiger partial charge in [-0.15, -0.1) is 12.4 Å². The molecule has 1 aromatic rings. The molecule has 23 heavy (non-hydrogen) atoms. The van der Waals surface area contributed by atoms with Gasteiger partial charge in [0.2, 0.25) is 5.91 Å². The van der Waals surface area contributed by atoms with Crippen LogP contribution in [0.5, 0.6) is 0 Å². The van der Waals surface area contributed by atoms with Crippen molar-refractivity contribution in [3.8, 4) is 0 Å². The summed E-state index contributed by atoms with van der Waals surface area (Å²) in [7, 11) is 0. The van der Waals surface area contributed by atoms with Gasteiger partial charge >= 0.3 is 0 Å². The van der Waals surface area contributed by atoms with Gasteiger partial charge in [0, 0.05) is 19.0 Å². The zero-order valence-electron chi connectivity index (χ0n) is 14.0. The Bertz CT molecular complexity index is 483. The highest BCUT2D eigenvalue weighted by Gasteiger charge is 2.33. The molecule has 1 aromatic carbocycles. The van der Waals surface area contributed by atoms with E-state index in [-0.39, 0.29) is 12.4 Å². The number of nitrogens with one attached hydrogen (secondary N) is 1. The van der Waals surface area contributed by atoms with Crippen molar-refractivity contribution >= 4 is 18.3 Å². The van der Waals surface area contributed by atoms with Gasteiger partial charge in [-0.05, 0) is 56.2 Å². The molecule has 2 fully saturated rings. The molecule has 1 amide bonds. The fourth-order valence-corrected chi connectivity index (χ4v) is 3.51. The minimum absolute atomic E-state index is 0. The van der Waals surface area contributed by atoms with Crippen LogP contribution in [0.2, 0.25) is 0 Å². The van der Waals surface area contributed by atoms with Crippen molar-refractivity contribution in [3.05, 3.63) is 35.9 Å². The largest absolute Gasteiger partial charge is 0.335 e. The van der Waals surface area contributed by atoms with Crippen molar-refractivity contribution in [2.24, 2.45) is 11.8 Å². The van der Waals surface area contributed by atoms with Crippen LogP contribution in [0, 0.1) is 11.8 Å². The second kappa shape index (κ2) is 8.70. The van der Waals surface area contributed by atoms with Crippen LogP contribution in [0.25, 0.3) is 0 Å². The van der Waals surface area contributed by atoms with Crippen molar-refractivity contribution in [3.63, 3.8) is 0 Å². The predicted molar refractivity (Wildman–Crippen MR) is 96.6 cm³/mol. The lowest BCUT2D eigenvalue weighted by atomic mass is 9.85. The topological polar surface area (TPSA) is 32.3 Å². The number of hydrogen-bond acceptors (Lipinski definition) is 2. The van der Waals surface area contributed by atoms with E-state index in [0.29, 0.717) is 30.2 Å². The van der Waals surface area contributed by atoms with Crippen LogP contribution in [0.4, 0.5) is 0 Å². The van der Waals surface area contributed by atoms with Gasteiger partial charge in [0.25, 0.3) is 0 Å². The molecule has 1 aliphatic heterocycles. The lowest BCUT2D eigenvalue weighted by molar-refractivity contribution is -0.133. The molecule has 1 heterocycles. The Morgan fingerprint density at radius 3 is 2.61 bits per heavy atom. The van der Waals surface area contributed by atoms with Gasteiger partial charge in [-0.3, -0.25) is 4.79 Å². The maximum atomic E-state index is 12.8. The van der Waals surface area contributed by atoms with Gasteiger partial charge in [0.1, 0.15) is 0 Å². The number of piperidine rings is 1. The van der Waals surface area contributed by atoms with E-state index in [9.17, 15) is 4.79 Å². The Labute approximate surface area is 146 Å². The first-order chi connectivity index (χ1) is 10.7. The third-order valence-electron chi connectivity index (χ3n) is 5.14. The van der Waals surface area contributed by atoms with Crippen LogP contribution in [0.15, 0.2) is 30.3 Å². The molecule has 1 saturated heterocycles. The van der Waals surface area contributed by atoms with E-state index in [2.05, 4.69) is 41.4 Å². The van der Waals surface area contributed by atoms with Crippen molar-refractivity contribution in [2.75, 3.05) is 13.1 Å². The molecule has 1 saturated carbocycles. The van der Waals surface area contributed by atoms with Crippen molar-refractivity contribution in [1.82, 2.24) is 10.2 Å². The van der Waals surface area contributed by atoms with Gasteiger partial charge in [-0.25, -0.2) is 0 Å². The number of rotatable bonds is 6. The van der Waals surface area contributed by atoms with E-state index in [1.807, 2.05) is 6.07 Å². The van der Waals surface area contributed by atoms with Crippen molar-refractivity contribution in [1.29, 1.82) is 0 Å². The van der Waals surface area contributed by atoms with Gasteiger partial charge in [-0.2, -0.15) is 0 Å². The molecule has 4 heteroatoms. The summed E-state index contributed by atoms with van der Waals surface area (Å²) in [6.07, 6.45) is 5.58. The van der Waals surface area contributed by atoms with Gasteiger partial charge in [0.05, 0.1) is 0 Å². The molecule has 1 N–H and O–H groups in total. The molecule has 3 nitrogen and oxygen atoms in total. The zero-order chi connectivity index (χ0) is 15.4. The van der Waals surface area contributed by atoms with Crippen LogP contribution in [-0.2, 0) is 11.3 Å². The highest BCUT2D eigenvalue weighted by atomic mass is 35.5. The molecule has 0 bridgehead atoms. The smallest absolute Gasteiger partial charge is 0.223 e. The average molecular weight is 337 g/mol. The van der Waals surface area contributed by atoms with E-state index >= 15 is 0 Å². The Morgan fingerprint density at radius 1 is 1.26 bits per heavy atom. The summed E-state index contributed by atoms with van der Waals surface area (Å²) >= 11 is 0. The summed E-state index contributed by atoms with van der Waals surface area (Å²) in [5.74, 6) is 1.50. The third kappa shape index (κ3) is 5.22. The molecule has 0 spiro atoms. The zero-order valence-corrected chi connectivity index (χ0v) is 14.9. The van der Waals surface area contributed by atoms with E-state index < -0.39 is 0 Å². The average Bonchev–Trinajstić information content (AvgIpc) is 3.39. The number of halogens is 1. The monoisotopic (exact) mass is 336 g/mol. The standard InChI is InChI=1S/C19H28N2O.ClH/c1-15(17-8-5-11-20-13-17)12-19(22)21(18-9-10-18)14-16-6-3-2-4-7-16;/h2-4,6-7,15,17-18,20H,5,8-14H2,1H3;1H. The van der Waals surface area contributed by atoms with Gasteiger partial charge < -0.3 is 10.2 Å². The Balaban J connectivity index is 0.00000192. The lowest BCUT2D eigenvalue weighted by Crippen LogP contribution is -2.37. The maximum Gasteiger partial charge on any atom is 0.223 e. The van der Waals surface area contributed by atoms with Gasteiger partial charge in [0.15, 0.2) is 0 Å². The molecule has 2 atom stereocenters. The van der Waals surface area contributed by atoms with E-state index in [4.69, 9.17) is 0 Å². The number of nitrogens with zero attached hydrogens (tertiary/aromatic N) is 1. The third-order valence-corrected chi connectivity index (χ3v) is 5.14. The molecule has 128 valence electrons. The van der Waals surface area contributed by atoms with Crippen LogP contribution in [0.3, 0.4) is 0 Å². The predicted octanol–water partition coefficient (Wildman–Crippen LogP) is 3.63. The molecule has 2 unspecified atom stereocenters. The number of hydrogen-bond donors (Lipinski definition) is 1. The van der Waals surface area contributed by atoms with Gasteiger partial charge in [-0.1, -0.05) is 37.3 Å². The number of benzene rings is 1. The Kier molecular flexibility index (Phi) is 6.91. The Hall–Kier alpha value is -1.06. The molecule has 1 aliphatic carbocycles. The van der Waals surface area contributed by atoms with Crippen molar-refractivity contribution in [2.45, 2.75) is 51.6 Å². The first-order valence-corrected chi connectivity index (χ1v) is 8.78. The molecular formula is C19H29ClN2O. The van der Waals surface area contributed by atoms with Crippen LogP contribution in [0.1, 0.15) is 44.6 Å². The maximum absolute atomic E-state index is 12.8. The minimum Gasteiger partial charge on any atom is -0.335 e. The fourth-order valence-electron chi connectivity index (χ4n) is 3.51. The molecule has 3 rings (SSSR count). The quantitative estimate of drug-likeness (QED) is 0.860. The second-order valence-corrected chi connectivity index (χ2v) is 7.03. The normalized spacial score (nSPS) is 22.0. The molecular weight excluding hydrogens is 308 g/mol. The van der Waals surface area contributed by atoms with Crippen molar-refractivity contribution < 1.29 is 4.79 Å².